The van der Waals surface area contributed by atoms with Crippen LogP contribution in [0.3, 0.4) is 0 Å². The number of hydrogen-bond acceptors (Lipinski definition) is 15. The first-order chi connectivity index (χ1) is 49.7. The second kappa shape index (κ2) is 74.2. The molecule has 5 atom stereocenters. The van der Waals surface area contributed by atoms with Crippen LogP contribution in [0, 0.1) is 0 Å². The minimum Gasteiger partial charge on any atom is -0.462 e. The molecule has 0 radical (unpaired) electrons. The molecule has 5 unspecified atom stereocenters. The van der Waals surface area contributed by atoms with E-state index in [1.807, 2.05) is 12.2 Å². The molecule has 0 fully saturated rings. The van der Waals surface area contributed by atoms with Crippen LogP contribution in [0.1, 0.15) is 297 Å². The van der Waals surface area contributed by atoms with Crippen molar-refractivity contribution >= 4 is 39.5 Å². The molecule has 19 heteroatoms. The number of hydrogen-bond donors (Lipinski definition) is 3. The molecule has 0 spiro atoms. The number of aliphatic hydroxyl groups excluding tert-OH is 1. The molecule has 0 aromatic carbocycles. The highest BCUT2D eigenvalue weighted by molar-refractivity contribution is 7.47. The molecular formula is C83H138O17P2. The Labute approximate surface area is 617 Å². The van der Waals surface area contributed by atoms with E-state index in [-0.39, 0.29) is 25.7 Å². The molecule has 0 aliphatic rings. The van der Waals surface area contributed by atoms with Gasteiger partial charge >= 0.3 is 39.5 Å². The molecule has 0 bridgehead atoms. The van der Waals surface area contributed by atoms with Gasteiger partial charge in [-0.2, -0.15) is 0 Å². The lowest BCUT2D eigenvalue weighted by atomic mass is 10.1. The maximum absolute atomic E-state index is 13.1. The van der Waals surface area contributed by atoms with Crippen molar-refractivity contribution in [3.63, 3.8) is 0 Å². The van der Waals surface area contributed by atoms with Gasteiger partial charge in [-0.15, -0.1) is 0 Å². The van der Waals surface area contributed by atoms with Crippen molar-refractivity contribution in [1.82, 2.24) is 0 Å². The second-order valence-electron chi connectivity index (χ2n) is 25.5. The largest absolute Gasteiger partial charge is 0.472 e. The number of rotatable bonds is 72. The molecule has 0 amide bonds. The van der Waals surface area contributed by atoms with E-state index in [4.69, 9.17) is 37.0 Å². The first-order valence-electron chi connectivity index (χ1n) is 39.1. The quantitative estimate of drug-likeness (QED) is 0.0169. The van der Waals surface area contributed by atoms with Gasteiger partial charge in [0.05, 0.1) is 26.4 Å². The van der Waals surface area contributed by atoms with E-state index in [0.717, 1.165) is 154 Å². The maximum Gasteiger partial charge on any atom is 0.472 e. The van der Waals surface area contributed by atoms with Gasteiger partial charge in [-0.1, -0.05) is 257 Å². The molecule has 0 rings (SSSR count). The third kappa shape index (κ3) is 73.3. The summed E-state index contributed by atoms with van der Waals surface area (Å²) >= 11 is 0. The van der Waals surface area contributed by atoms with Gasteiger partial charge in [0.25, 0.3) is 0 Å². The predicted molar refractivity (Wildman–Crippen MR) is 417 cm³/mol. The zero-order valence-electron chi connectivity index (χ0n) is 63.5. The van der Waals surface area contributed by atoms with Crippen LogP contribution < -0.4 is 0 Å². The molecule has 0 saturated heterocycles. The number of ether oxygens (including phenoxy) is 4. The number of phosphoric acid groups is 2. The summed E-state index contributed by atoms with van der Waals surface area (Å²) in [5.41, 5.74) is 0. The molecule has 0 heterocycles. The number of phosphoric ester groups is 2. The third-order valence-corrected chi connectivity index (χ3v) is 17.7. The Morgan fingerprint density at radius 1 is 0.284 bits per heavy atom. The third-order valence-electron chi connectivity index (χ3n) is 15.8. The van der Waals surface area contributed by atoms with Crippen LogP contribution in [0.25, 0.3) is 0 Å². The Balaban J connectivity index is 5.47. The van der Waals surface area contributed by atoms with E-state index < -0.39 is 97.5 Å². The summed E-state index contributed by atoms with van der Waals surface area (Å²) in [4.78, 5) is 72.9. The average Bonchev–Trinajstić information content (AvgIpc) is 0.923. The van der Waals surface area contributed by atoms with Crippen LogP contribution in [0.4, 0.5) is 0 Å². The van der Waals surface area contributed by atoms with Crippen molar-refractivity contribution in [3.8, 4) is 0 Å². The molecule has 582 valence electrons. The number of allylic oxidation sites excluding steroid dienone is 24. The van der Waals surface area contributed by atoms with Crippen LogP contribution in [0.2, 0.25) is 0 Å². The van der Waals surface area contributed by atoms with Crippen molar-refractivity contribution in [2.75, 3.05) is 39.6 Å². The van der Waals surface area contributed by atoms with Gasteiger partial charge in [0.2, 0.25) is 0 Å². The smallest absolute Gasteiger partial charge is 0.462 e. The Morgan fingerprint density at radius 2 is 0.520 bits per heavy atom. The van der Waals surface area contributed by atoms with Crippen LogP contribution in [0.5, 0.6) is 0 Å². The molecule has 102 heavy (non-hydrogen) atoms. The first-order valence-corrected chi connectivity index (χ1v) is 42.1. The lowest BCUT2D eigenvalue weighted by Gasteiger charge is -2.21. The van der Waals surface area contributed by atoms with Crippen molar-refractivity contribution < 1.29 is 80.2 Å². The van der Waals surface area contributed by atoms with Crippen LogP contribution >= 0.6 is 15.6 Å². The highest BCUT2D eigenvalue weighted by Gasteiger charge is 2.30. The topological polar surface area (TPSA) is 237 Å². The SMILES string of the molecule is CC/C=C\C/C=C\C/C=C\C/C=C\C/C=C\CCCC(=O)OCC(COP(=O)(O)OCC(O)COP(=O)(O)OCC(COC(=O)CCCC/C=C\C/C=C\C/C=C\C/C=C\CC)OC(=O)CCCCCCC/C=C\CCCCCCCC)OC(=O)CCCCCCC/C=C\C/C=C\CCCCC. The molecule has 0 aromatic rings. The van der Waals surface area contributed by atoms with E-state index in [1.165, 1.54) is 57.8 Å². The summed E-state index contributed by atoms with van der Waals surface area (Å²) in [6.45, 7) is 4.47. The zero-order chi connectivity index (χ0) is 74.6. The van der Waals surface area contributed by atoms with E-state index in [0.29, 0.717) is 32.1 Å². The summed E-state index contributed by atoms with van der Waals surface area (Å²) in [5.74, 6) is -2.32. The van der Waals surface area contributed by atoms with E-state index in [9.17, 15) is 43.2 Å². The fourth-order valence-corrected chi connectivity index (χ4v) is 11.4. The summed E-state index contributed by atoms with van der Waals surface area (Å²) in [6, 6.07) is 0. The molecule has 17 nitrogen and oxygen atoms in total. The van der Waals surface area contributed by atoms with Gasteiger partial charge in [-0.05, 0) is 161 Å². The van der Waals surface area contributed by atoms with Gasteiger partial charge in [-0.25, -0.2) is 9.13 Å². The fraction of sp³-hybridized carbons (Fsp3) is 0.663. The average molecular weight is 1470 g/mol. The van der Waals surface area contributed by atoms with E-state index >= 15 is 0 Å². The summed E-state index contributed by atoms with van der Waals surface area (Å²) < 4.78 is 68.4. The van der Waals surface area contributed by atoms with Crippen LogP contribution in [0.15, 0.2) is 146 Å². The summed E-state index contributed by atoms with van der Waals surface area (Å²) in [6.07, 6.45) is 84.1. The Kier molecular flexibility index (Phi) is 70.5. The Hall–Kier alpha value is -5.06. The lowest BCUT2D eigenvalue weighted by Crippen LogP contribution is -2.30. The van der Waals surface area contributed by atoms with Gasteiger partial charge in [0.1, 0.15) is 19.3 Å². The molecule has 0 aromatic heterocycles. The number of unbranched alkanes of at least 4 members (excludes halogenated alkanes) is 22. The van der Waals surface area contributed by atoms with Crippen LogP contribution in [-0.4, -0.2) is 96.7 Å². The maximum atomic E-state index is 13.1. The highest BCUT2D eigenvalue weighted by atomic mass is 31.2. The summed E-state index contributed by atoms with van der Waals surface area (Å²) in [7, 11) is -10.00. The van der Waals surface area contributed by atoms with E-state index in [2.05, 4.69) is 161 Å². The Morgan fingerprint density at radius 3 is 0.873 bits per heavy atom. The molecule has 0 aliphatic carbocycles. The van der Waals surface area contributed by atoms with Gasteiger partial charge in [0, 0.05) is 25.7 Å². The van der Waals surface area contributed by atoms with Crippen LogP contribution in [-0.2, 0) is 65.4 Å². The van der Waals surface area contributed by atoms with Gasteiger partial charge < -0.3 is 33.8 Å². The highest BCUT2D eigenvalue weighted by Crippen LogP contribution is 2.45. The second-order valence-corrected chi connectivity index (χ2v) is 28.4. The van der Waals surface area contributed by atoms with Gasteiger partial charge in [0.15, 0.2) is 12.2 Å². The number of carbonyl (C=O) groups excluding carboxylic acids is 4. The monoisotopic (exact) mass is 1470 g/mol. The molecule has 0 saturated carbocycles. The van der Waals surface area contributed by atoms with Crippen molar-refractivity contribution in [2.45, 2.75) is 316 Å². The molecule has 0 aliphatic heterocycles. The van der Waals surface area contributed by atoms with Crippen molar-refractivity contribution in [1.29, 1.82) is 0 Å². The minimum atomic E-state index is -5.00. The minimum absolute atomic E-state index is 0.0616. The standard InChI is InChI=1S/C83H138O17P2/c1-5-9-13-17-21-25-29-33-37-38-42-44-48-52-56-60-64-68-81(86)94-74-79(100-83(88)70-66-62-58-54-50-46-41-36-32-28-24-20-16-12-8-4)76-98-102(91,92)96-72-77(84)71-95-101(89,90)97-75-78(99-82(87)69-65-61-57-53-49-45-40-35-31-27-23-19-15-11-7-3)73-93-80(85)67-63-59-55-51-47-43-39-34-30-26-22-18-14-10-6-2/h9-10,13-14,21-22,24-26,28,33-37,39-42,44,47,51-52,56,77-79,84H,5-8,11-12,15-20,23,27,29-32,38,43,45-46,48-50,53-55,57-76H2,1-4H3,(H,89,90)(H,91,92)/b13-9-,14-10-,25-21-,26-22-,28-24-,37-33-,39-34-,40-35-,41-36-,44-42-,51-47-,56-52-. The number of aliphatic hydroxyl groups is 1. The fourth-order valence-electron chi connectivity index (χ4n) is 9.86. The van der Waals surface area contributed by atoms with Crippen molar-refractivity contribution in [2.24, 2.45) is 0 Å². The lowest BCUT2D eigenvalue weighted by molar-refractivity contribution is -0.161. The number of esters is 4. The molecular weight excluding hydrogens is 1330 g/mol. The summed E-state index contributed by atoms with van der Waals surface area (Å²) in [5, 5.41) is 10.6. The molecule has 3 N–H and O–H groups in total. The zero-order valence-corrected chi connectivity index (χ0v) is 65.3. The normalized spacial score (nSPS) is 14.7. The predicted octanol–water partition coefficient (Wildman–Crippen LogP) is 22.7. The van der Waals surface area contributed by atoms with Crippen molar-refractivity contribution in [3.05, 3.63) is 146 Å². The Bertz CT molecular complexity index is 2510. The van der Waals surface area contributed by atoms with Gasteiger partial charge in [-0.3, -0.25) is 37.3 Å². The first kappa shape index (κ1) is 96.9. The van der Waals surface area contributed by atoms with E-state index in [1.54, 1.807) is 0 Å². The number of carbonyl (C=O) groups is 4.